The van der Waals surface area contributed by atoms with E-state index in [0.29, 0.717) is 5.56 Å². The summed E-state index contributed by atoms with van der Waals surface area (Å²) in [6.07, 6.45) is -0.729. The van der Waals surface area contributed by atoms with Gasteiger partial charge in [-0.15, -0.1) is 0 Å². The van der Waals surface area contributed by atoms with Crippen molar-refractivity contribution in [3.05, 3.63) is 69.4 Å². The van der Waals surface area contributed by atoms with Crippen LogP contribution < -0.4 is 0 Å². The van der Waals surface area contributed by atoms with E-state index in [1.54, 1.807) is 12.1 Å². The van der Waals surface area contributed by atoms with Gasteiger partial charge in [-0.2, -0.15) is 0 Å². The highest BCUT2D eigenvalue weighted by molar-refractivity contribution is 9.10. The molecule has 3 heteroatoms. The summed E-state index contributed by atoms with van der Waals surface area (Å²) in [5, 5.41) is 10.2. The molecule has 17 heavy (non-hydrogen) atoms. The van der Waals surface area contributed by atoms with E-state index in [1.807, 2.05) is 25.1 Å². The lowest BCUT2D eigenvalue weighted by Crippen LogP contribution is -2.02. The Kier molecular flexibility index (Phi) is 3.60. The maximum Gasteiger partial charge on any atom is 0.123 e. The smallest absolute Gasteiger partial charge is 0.123 e. The lowest BCUT2D eigenvalue weighted by Gasteiger charge is -2.15. The van der Waals surface area contributed by atoms with Crippen LogP contribution >= 0.6 is 15.9 Å². The SMILES string of the molecule is Cc1c(Br)cccc1C(O)c1ccc(F)cc1. The number of halogens is 2. The van der Waals surface area contributed by atoms with Crippen LogP contribution in [0.3, 0.4) is 0 Å². The Morgan fingerprint density at radius 2 is 1.76 bits per heavy atom. The minimum atomic E-state index is -0.729. The monoisotopic (exact) mass is 294 g/mol. The van der Waals surface area contributed by atoms with Crippen molar-refractivity contribution in [3.8, 4) is 0 Å². The number of aliphatic hydroxyl groups excluding tert-OH is 1. The molecule has 0 bridgehead atoms. The van der Waals surface area contributed by atoms with E-state index in [-0.39, 0.29) is 5.82 Å². The van der Waals surface area contributed by atoms with Gasteiger partial charge in [0.25, 0.3) is 0 Å². The average molecular weight is 295 g/mol. The molecule has 1 atom stereocenters. The van der Waals surface area contributed by atoms with Crippen LogP contribution in [0.4, 0.5) is 4.39 Å². The van der Waals surface area contributed by atoms with Crippen LogP contribution in [-0.4, -0.2) is 5.11 Å². The number of hydrogen-bond acceptors (Lipinski definition) is 1. The van der Waals surface area contributed by atoms with E-state index >= 15 is 0 Å². The summed E-state index contributed by atoms with van der Waals surface area (Å²) >= 11 is 3.43. The number of benzene rings is 2. The van der Waals surface area contributed by atoms with Crippen LogP contribution in [0.2, 0.25) is 0 Å². The largest absolute Gasteiger partial charge is 0.384 e. The Hall–Kier alpha value is -1.19. The standard InChI is InChI=1S/C14H12BrFO/c1-9-12(3-2-4-13(9)15)14(17)10-5-7-11(16)8-6-10/h2-8,14,17H,1H3. The number of aliphatic hydroxyl groups is 1. The van der Waals surface area contributed by atoms with Gasteiger partial charge in [-0.1, -0.05) is 40.2 Å². The molecule has 2 aromatic carbocycles. The molecule has 2 rings (SSSR count). The number of hydrogen-bond donors (Lipinski definition) is 1. The van der Waals surface area contributed by atoms with Gasteiger partial charge in [-0.25, -0.2) is 4.39 Å². The topological polar surface area (TPSA) is 20.2 Å². The summed E-state index contributed by atoms with van der Waals surface area (Å²) < 4.78 is 13.8. The van der Waals surface area contributed by atoms with Crippen LogP contribution in [0.1, 0.15) is 22.8 Å². The lowest BCUT2D eigenvalue weighted by molar-refractivity contribution is 0.219. The molecule has 0 amide bonds. The highest BCUT2D eigenvalue weighted by atomic mass is 79.9. The molecule has 0 aliphatic heterocycles. The minimum Gasteiger partial charge on any atom is -0.384 e. The van der Waals surface area contributed by atoms with Gasteiger partial charge in [-0.05, 0) is 41.8 Å². The molecule has 0 aliphatic rings. The second-order valence-electron chi connectivity index (χ2n) is 3.91. The Morgan fingerprint density at radius 3 is 2.41 bits per heavy atom. The lowest BCUT2D eigenvalue weighted by atomic mass is 9.98. The Labute approximate surface area is 108 Å². The Morgan fingerprint density at radius 1 is 1.12 bits per heavy atom. The van der Waals surface area contributed by atoms with Crippen molar-refractivity contribution >= 4 is 15.9 Å². The van der Waals surface area contributed by atoms with Crippen molar-refractivity contribution in [3.63, 3.8) is 0 Å². The maximum atomic E-state index is 12.8. The van der Waals surface area contributed by atoms with E-state index < -0.39 is 6.10 Å². The molecule has 2 aromatic rings. The summed E-state index contributed by atoms with van der Waals surface area (Å²) in [5.41, 5.74) is 2.50. The van der Waals surface area contributed by atoms with Crippen molar-refractivity contribution in [2.24, 2.45) is 0 Å². The normalized spacial score (nSPS) is 12.5. The third kappa shape index (κ3) is 2.56. The minimum absolute atomic E-state index is 0.299. The van der Waals surface area contributed by atoms with E-state index in [4.69, 9.17) is 0 Å². The van der Waals surface area contributed by atoms with Crippen LogP contribution in [-0.2, 0) is 0 Å². The molecule has 0 fully saturated rings. The van der Waals surface area contributed by atoms with Crippen LogP contribution in [0, 0.1) is 12.7 Å². The van der Waals surface area contributed by atoms with Gasteiger partial charge in [0.2, 0.25) is 0 Å². The van der Waals surface area contributed by atoms with Crippen molar-refractivity contribution in [1.82, 2.24) is 0 Å². The van der Waals surface area contributed by atoms with Crippen molar-refractivity contribution in [2.75, 3.05) is 0 Å². The third-order valence-corrected chi connectivity index (χ3v) is 3.65. The third-order valence-electron chi connectivity index (χ3n) is 2.79. The summed E-state index contributed by atoms with van der Waals surface area (Å²) in [6, 6.07) is 11.6. The fourth-order valence-electron chi connectivity index (χ4n) is 1.75. The molecule has 1 nitrogen and oxygen atoms in total. The van der Waals surface area contributed by atoms with E-state index in [0.717, 1.165) is 15.6 Å². The molecule has 0 aliphatic carbocycles. The second kappa shape index (κ2) is 4.98. The zero-order chi connectivity index (χ0) is 12.4. The predicted molar refractivity (Wildman–Crippen MR) is 69.3 cm³/mol. The van der Waals surface area contributed by atoms with E-state index in [2.05, 4.69) is 15.9 Å². The molecule has 1 unspecified atom stereocenters. The first kappa shape index (κ1) is 12.3. The van der Waals surface area contributed by atoms with Gasteiger partial charge < -0.3 is 5.11 Å². The molecule has 88 valence electrons. The predicted octanol–water partition coefficient (Wildman–Crippen LogP) is 3.98. The average Bonchev–Trinajstić information content (AvgIpc) is 2.33. The molecular formula is C14H12BrFO. The van der Waals surface area contributed by atoms with Gasteiger partial charge in [-0.3, -0.25) is 0 Å². The van der Waals surface area contributed by atoms with E-state index in [1.165, 1.54) is 12.1 Å². The molecule has 0 spiro atoms. The van der Waals surface area contributed by atoms with Gasteiger partial charge in [0.05, 0.1) is 0 Å². The first-order chi connectivity index (χ1) is 8.09. The zero-order valence-corrected chi connectivity index (χ0v) is 10.9. The van der Waals surface area contributed by atoms with Gasteiger partial charge in [0.15, 0.2) is 0 Å². The molecule has 1 N–H and O–H groups in total. The van der Waals surface area contributed by atoms with Crippen molar-refractivity contribution in [1.29, 1.82) is 0 Å². The molecular weight excluding hydrogens is 283 g/mol. The van der Waals surface area contributed by atoms with Gasteiger partial charge in [0.1, 0.15) is 11.9 Å². The highest BCUT2D eigenvalue weighted by Gasteiger charge is 2.13. The summed E-state index contributed by atoms with van der Waals surface area (Å²) in [5.74, 6) is -0.299. The molecule has 0 saturated carbocycles. The molecule has 0 saturated heterocycles. The molecule has 0 aromatic heterocycles. The van der Waals surface area contributed by atoms with Crippen molar-refractivity contribution < 1.29 is 9.50 Å². The van der Waals surface area contributed by atoms with Crippen molar-refractivity contribution in [2.45, 2.75) is 13.0 Å². The zero-order valence-electron chi connectivity index (χ0n) is 9.32. The van der Waals surface area contributed by atoms with Crippen LogP contribution in [0.15, 0.2) is 46.9 Å². The molecule has 0 radical (unpaired) electrons. The quantitative estimate of drug-likeness (QED) is 0.888. The van der Waals surface area contributed by atoms with Gasteiger partial charge in [0, 0.05) is 4.47 Å². The summed E-state index contributed by atoms with van der Waals surface area (Å²) in [6.45, 7) is 1.94. The maximum absolute atomic E-state index is 12.8. The van der Waals surface area contributed by atoms with E-state index in [9.17, 15) is 9.50 Å². The van der Waals surface area contributed by atoms with Crippen LogP contribution in [0.25, 0.3) is 0 Å². The van der Waals surface area contributed by atoms with Crippen LogP contribution in [0.5, 0.6) is 0 Å². The highest BCUT2D eigenvalue weighted by Crippen LogP contribution is 2.28. The Balaban J connectivity index is 2.40. The number of rotatable bonds is 2. The molecule has 0 heterocycles. The van der Waals surface area contributed by atoms with Gasteiger partial charge >= 0.3 is 0 Å². The first-order valence-corrected chi connectivity index (χ1v) is 6.07. The first-order valence-electron chi connectivity index (χ1n) is 5.28. The summed E-state index contributed by atoms with van der Waals surface area (Å²) in [4.78, 5) is 0. The fraction of sp³-hybridized carbons (Fsp3) is 0.143. The summed E-state index contributed by atoms with van der Waals surface area (Å²) in [7, 11) is 0. The fourth-order valence-corrected chi connectivity index (χ4v) is 2.13. The Bertz CT molecular complexity index is 522. The second-order valence-corrected chi connectivity index (χ2v) is 4.76.